The zero-order valence-electron chi connectivity index (χ0n) is 10.1. The van der Waals surface area contributed by atoms with Crippen LogP contribution in [0.25, 0.3) is 10.2 Å². The fourth-order valence-electron chi connectivity index (χ4n) is 3.03. The van der Waals surface area contributed by atoms with Crippen LogP contribution >= 0.6 is 11.3 Å². The van der Waals surface area contributed by atoms with Gasteiger partial charge in [-0.1, -0.05) is 31.4 Å². The van der Waals surface area contributed by atoms with Gasteiger partial charge in [0.2, 0.25) is 0 Å². The summed E-state index contributed by atoms with van der Waals surface area (Å²) in [7, 11) is 0. The number of para-hydroxylation sites is 1. The molecule has 0 unspecified atom stereocenters. The van der Waals surface area contributed by atoms with Crippen molar-refractivity contribution in [3.05, 3.63) is 29.3 Å². The molecule has 1 aliphatic carbocycles. The first-order valence-electron chi connectivity index (χ1n) is 6.30. The molecule has 1 fully saturated rings. The van der Waals surface area contributed by atoms with Crippen molar-refractivity contribution < 1.29 is 9.90 Å². The van der Waals surface area contributed by atoms with Crippen LogP contribution in [0.4, 0.5) is 0 Å². The number of hydrogen-bond acceptors (Lipinski definition) is 3. The van der Waals surface area contributed by atoms with Crippen molar-refractivity contribution in [1.82, 2.24) is 4.98 Å². The van der Waals surface area contributed by atoms with E-state index < -0.39 is 11.4 Å². The number of aliphatic carboxylic acids is 1. The minimum Gasteiger partial charge on any atom is -0.481 e. The van der Waals surface area contributed by atoms with E-state index in [9.17, 15) is 9.90 Å². The summed E-state index contributed by atoms with van der Waals surface area (Å²) in [6, 6.07) is 5.91. The van der Waals surface area contributed by atoms with E-state index in [0.717, 1.165) is 47.9 Å². The molecule has 4 heteroatoms. The van der Waals surface area contributed by atoms with Crippen molar-refractivity contribution in [2.45, 2.75) is 37.5 Å². The summed E-state index contributed by atoms with van der Waals surface area (Å²) in [6.45, 7) is 0. The molecule has 0 amide bonds. The molecule has 0 bridgehead atoms. The van der Waals surface area contributed by atoms with Crippen LogP contribution in [0.1, 0.15) is 37.7 Å². The minimum atomic E-state index is -0.716. The third-order valence-electron chi connectivity index (χ3n) is 3.99. The molecular formula is C14H15NO2S. The normalized spacial score (nSPS) is 18.9. The van der Waals surface area contributed by atoms with Crippen LogP contribution in [-0.4, -0.2) is 16.1 Å². The summed E-state index contributed by atoms with van der Waals surface area (Å²) in [5.41, 5.74) is 2.87. The van der Waals surface area contributed by atoms with Crippen LogP contribution < -0.4 is 0 Å². The van der Waals surface area contributed by atoms with Gasteiger partial charge in [-0.3, -0.25) is 4.79 Å². The molecule has 2 aromatic rings. The molecule has 0 saturated heterocycles. The number of aromatic nitrogens is 1. The number of rotatable bonds is 2. The van der Waals surface area contributed by atoms with E-state index in [0.29, 0.717) is 0 Å². The maximum absolute atomic E-state index is 11.8. The average Bonchev–Trinajstić information content (AvgIpc) is 2.87. The standard InChI is InChI=1S/C14H15NO2S/c16-13(17)14(7-2-1-3-8-14)10-5-4-6-11-12(10)15-9-18-11/h4-6,9H,1-3,7-8H2,(H,16,17). The molecule has 1 aromatic heterocycles. The van der Waals surface area contributed by atoms with E-state index >= 15 is 0 Å². The molecule has 0 atom stereocenters. The molecule has 18 heavy (non-hydrogen) atoms. The molecule has 1 heterocycles. The Balaban J connectivity index is 2.20. The van der Waals surface area contributed by atoms with E-state index in [4.69, 9.17) is 0 Å². The van der Waals surface area contributed by atoms with Gasteiger partial charge in [0.15, 0.2) is 0 Å². The Labute approximate surface area is 109 Å². The topological polar surface area (TPSA) is 50.2 Å². The SMILES string of the molecule is O=C(O)C1(c2cccc3scnc23)CCCCC1. The molecule has 3 nitrogen and oxygen atoms in total. The Morgan fingerprint density at radius 3 is 2.78 bits per heavy atom. The summed E-state index contributed by atoms with van der Waals surface area (Å²) in [5.74, 6) is -0.692. The quantitative estimate of drug-likeness (QED) is 0.898. The summed E-state index contributed by atoms with van der Waals surface area (Å²) in [5, 5.41) is 9.71. The van der Waals surface area contributed by atoms with Gasteiger partial charge in [-0.15, -0.1) is 11.3 Å². The first-order chi connectivity index (χ1) is 8.74. The van der Waals surface area contributed by atoms with Gasteiger partial charge in [-0.25, -0.2) is 4.98 Å². The molecule has 94 valence electrons. The van der Waals surface area contributed by atoms with Gasteiger partial charge in [0.1, 0.15) is 0 Å². The number of nitrogens with zero attached hydrogens (tertiary/aromatic N) is 1. The van der Waals surface area contributed by atoms with Crippen molar-refractivity contribution in [2.24, 2.45) is 0 Å². The van der Waals surface area contributed by atoms with Gasteiger partial charge >= 0.3 is 5.97 Å². The maximum atomic E-state index is 11.8. The average molecular weight is 261 g/mol. The molecule has 0 spiro atoms. The van der Waals surface area contributed by atoms with Gasteiger partial charge in [0.05, 0.1) is 21.1 Å². The summed E-state index contributed by atoms with van der Waals surface area (Å²) >= 11 is 1.57. The highest BCUT2D eigenvalue weighted by molar-refractivity contribution is 7.16. The Morgan fingerprint density at radius 1 is 1.28 bits per heavy atom. The van der Waals surface area contributed by atoms with Crippen LogP contribution in [0.15, 0.2) is 23.7 Å². The van der Waals surface area contributed by atoms with Crippen LogP contribution in [0.2, 0.25) is 0 Å². The van der Waals surface area contributed by atoms with Crippen molar-refractivity contribution in [3.63, 3.8) is 0 Å². The van der Waals surface area contributed by atoms with Crippen molar-refractivity contribution in [2.75, 3.05) is 0 Å². The first-order valence-corrected chi connectivity index (χ1v) is 7.18. The Bertz CT molecular complexity index is 584. The second-order valence-corrected chi connectivity index (χ2v) is 5.84. The van der Waals surface area contributed by atoms with Crippen LogP contribution in [0, 0.1) is 0 Å². The van der Waals surface area contributed by atoms with Gasteiger partial charge in [0.25, 0.3) is 0 Å². The lowest BCUT2D eigenvalue weighted by atomic mass is 9.69. The molecular weight excluding hydrogens is 246 g/mol. The highest BCUT2D eigenvalue weighted by Gasteiger charge is 2.42. The molecule has 1 aromatic carbocycles. The number of fused-ring (bicyclic) bond motifs is 1. The smallest absolute Gasteiger partial charge is 0.314 e. The van der Waals surface area contributed by atoms with E-state index in [-0.39, 0.29) is 0 Å². The molecule has 0 aliphatic heterocycles. The number of thiazole rings is 1. The number of benzene rings is 1. The van der Waals surface area contributed by atoms with Gasteiger partial charge in [-0.05, 0) is 24.5 Å². The van der Waals surface area contributed by atoms with E-state index in [1.807, 2.05) is 18.2 Å². The zero-order valence-corrected chi connectivity index (χ0v) is 10.9. The second-order valence-electron chi connectivity index (χ2n) is 4.95. The predicted molar refractivity (Wildman–Crippen MR) is 72.0 cm³/mol. The Kier molecular flexibility index (Phi) is 2.82. The number of carboxylic acid groups (broad SMARTS) is 1. The van der Waals surface area contributed by atoms with Gasteiger partial charge in [0, 0.05) is 0 Å². The van der Waals surface area contributed by atoms with Crippen molar-refractivity contribution in [3.8, 4) is 0 Å². The van der Waals surface area contributed by atoms with E-state index in [1.54, 1.807) is 16.8 Å². The molecule has 1 saturated carbocycles. The molecule has 3 rings (SSSR count). The second kappa shape index (κ2) is 4.35. The summed E-state index contributed by atoms with van der Waals surface area (Å²) < 4.78 is 1.08. The van der Waals surface area contributed by atoms with Gasteiger partial charge in [-0.2, -0.15) is 0 Å². The first kappa shape index (κ1) is 11.7. The largest absolute Gasteiger partial charge is 0.481 e. The van der Waals surface area contributed by atoms with E-state index in [2.05, 4.69) is 4.98 Å². The maximum Gasteiger partial charge on any atom is 0.314 e. The Hall–Kier alpha value is -1.42. The predicted octanol–water partition coefficient (Wildman–Crippen LogP) is 3.58. The fraction of sp³-hybridized carbons (Fsp3) is 0.429. The number of carboxylic acids is 1. The highest BCUT2D eigenvalue weighted by atomic mass is 32.1. The zero-order chi connectivity index (χ0) is 12.6. The minimum absolute atomic E-state index is 0.692. The van der Waals surface area contributed by atoms with Crippen molar-refractivity contribution in [1.29, 1.82) is 0 Å². The van der Waals surface area contributed by atoms with Crippen LogP contribution in [0.5, 0.6) is 0 Å². The monoisotopic (exact) mass is 261 g/mol. The lowest BCUT2D eigenvalue weighted by Gasteiger charge is -2.33. The third kappa shape index (κ3) is 1.63. The highest BCUT2D eigenvalue weighted by Crippen LogP contribution is 2.42. The summed E-state index contributed by atoms with van der Waals surface area (Å²) in [4.78, 5) is 16.2. The number of carbonyl (C=O) groups is 1. The molecule has 1 N–H and O–H groups in total. The lowest BCUT2D eigenvalue weighted by molar-refractivity contribution is -0.145. The lowest BCUT2D eigenvalue weighted by Crippen LogP contribution is -2.38. The molecule has 0 radical (unpaired) electrons. The van der Waals surface area contributed by atoms with Crippen molar-refractivity contribution >= 4 is 27.5 Å². The van der Waals surface area contributed by atoms with Crippen LogP contribution in [0.3, 0.4) is 0 Å². The van der Waals surface area contributed by atoms with Gasteiger partial charge < -0.3 is 5.11 Å². The molecule has 1 aliphatic rings. The Morgan fingerprint density at radius 2 is 2.06 bits per heavy atom. The van der Waals surface area contributed by atoms with Crippen LogP contribution in [-0.2, 0) is 10.2 Å². The number of hydrogen-bond donors (Lipinski definition) is 1. The third-order valence-corrected chi connectivity index (χ3v) is 4.79. The van der Waals surface area contributed by atoms with E-state index in [1.165, 1.54) is 0 Å². The fourth-order valence-corrected chi connectivity index (χ4v) is 3.73. The summed E-state index contributed by atoms with van der Waals surface area (Å²) in [6.07, 6.45) is 4.60.